The highest BCUT2D eigenvalue weighted by Crippen LogP contribution is 1.91. The van der Waals surface area contributed by atoms with Crippen LogP contribution in [0.4, 0.5) is 0 Å². The summed E-state index contributed by atoms with van der Waals surface area (Å²) in [5, 5.41) is 0. The number of amides is 1. The summed E-state index contributed by atoms with van der Waals surface area (Å²) in [5.74, 6) is -1.34. The molecule has 1 unspecified atom stereocenters. The summed E-state index contributed by atoms with van der Waals surface area (Å²) < 4.78 is 28.5. The van der Waals surface area contributed by atoms with Gasteiger partial charge in [0.15, 0.2) is 0 Å². The van der Waals surface area contributed by atoms with Crippen molar-refractivity contribution in [3.05, 3.63) is 0 Å². The molecule has 0 bridgehead atoms. The van der Waals surface area contributed by atoms with Crippen molar-refractivity contribution >= 4 is 16.0 Å². The van der Waals surface area contributed by atoms with Gasteiger partial charge in [0.1, 0.15) is 0 Å². The molecule has 0 fully saturated rings. The van der Waals surface area contributed by atoms with E-state index >= 15 is 0 Å². The zero-order chi connectivity index (χ0) is 9.07. The summed E-state index contributed by atoms with van der Waals surface area (Å²) in [7, 11) is -4.10. The Kier molecular flexibility index (Phi) is 3.43. The first-order valence-corrected chi connectivity index (χ1v) is 4.41. The minimum absolute atomic E-state index is 0.250. The Hall–Kier alpha value is -0.660. The summed E-state index contributed by atoms with van der Waals surface area (Å²) in [4.78, 5) is 10.2. The van der Waals surface area contributed by atoms with Crippen LogP contribution in [0.2, 0.25) is 0 Å². The van der Waals surface area contributed by atoms with E-state index in [1.165, 1.54) is 0 Å². The molecule has 0 saturated heterocycles. The number of hydrogen-bond acceptors (Lipinski definition) is 4. The van der Waals surface area contributed by atoms with Crippen molar-refractivity contribution in [1.82, 2.24) is 0 Å². The highest BCUT2D eigenvalue weighted by molar-refractivity contribution is 7.85. The molecule has 0 spiro atoms. The Bertz CT molecular complexity index is 234. The van der Waals surface area contributed by atoms with Crippen LogP contribution < -0.4 is 11.5 Å². The third-order valence-electron chi connectivity index (χ3n) is 0.888. The number of primary amides is 1. The lowest BCUT2D eigenvalue weighted by atomic mass is 10.2. The highest BCUT2D eigenvalue weighted by atomic mass is 32.2. The lowest BCUT2D eigenvalue weighted by molar-refractivity contribution is -0.118. The van der Waals surface area contributed by atoms with Gasteiger partial charge in [0.25, 0.3) is 10.1 Å². The zero-order valence-corrected chi connectivity index (χ0v) is 6.54. The Labute approximate surface area is 64.3 Å². The molecule has 6 nitrogen and oxygen atoms in total. The minimum atomic E-state index is -4.10. The van der Waals surface area contributed by atoms with E-state index in [1.807, 2.05) is 0 Å². The second kappa shape index (κ2) is 3.65. The molecule has 0 aliphatic rings. The largest absolute Gasteiger partial charge is 0.370 e. The van der Waals surface area contributed by atoms with Gasteiger partial charge in [-0.05, 0) is 0 Å². The van der Waals surface area contributed by atoms with Gasteiger partial charge in [-0.2, -0.15) is 8.42 Å². The van der Waals surface area contributed by atoms with E-state index in [9.17, 15) is 13.2 Å². The average molecular weight is 182 g/mol. The van der Waals surface area contributed by atoms with E-state index in [1.54, 1.807) is 0 Å². The van der Waals surface area contributed by atoms with Gasteiger partial charge in [-0.1, -0.05) is 0 Å². The molecule has 0 saturated carbocycles. The summed E-state index contributed by atoms with van der Waals surface area (Å²) in [6, 6.07) is -0.928. The van der Waals surface area contributed by atoms with Crippen molar-refractivity contribution in [3.8, 4) is 0 Å². The predicted molar refractivity (Wildman–Crippen MR) is 38.2 cm³/mol. The topological polar surface area (TPSA) is 123 Å². The molecule has 0 aromatic carbocycles. The summed E-state index contributed by atoms with van der Waals surface area (Å²) >= 11 is 0. The molecule has 0 aromatic heterocycles. The first-order chi connectivity index (χ1) is 4.81. The molecule has 1 atom stereocenters. The highest BCUT2D eigenvalue weighted by Gasteiger charge is 2.14. The molecule has 1 amide bonds. The SMILES string of the molecule is NC(=O)CC(N)CS(=O)(=O)O. The molecule has 0 radical (unpaired) electrons. The predicted octanol–water partition coefficient (Wildman–Crippen LogP) is -1.92. The minimum Gasteiger partial charge on any atom is -0.370 e. The van der Waals surface area contributed by atoms with E-state index < -0.39 is 27.8 Å². The van der Waals surface area contributed by atoms with Gasteiger partial charge >= 0.3 is 0 Å². The fraction of sp³-hybridized carbons (Fsp3) is 0.750. The van der Waals surface area contributed by atoms with Gasteiger partial charge in [-0.3, -0.25) is 9.35 Å². The second-order valence-electron chi connectivity index (χ2n) is 2.18. The van der Waals surface area contributed by atoms with Gasteiger partial charge in [-0.25, -0.2) is 0 Å². The van der Waals surface area contributed by atoms with Crippen LogP contribution in [-0.2, 0) is 14.9 Å². The smallest absolute Gasteiger partial charge is 0.266 e. The van der Waals surface area contributed by atoms with E-state index in [4.69, 9.17) is 16.0 Å². The third-order valence-corrected chi connectivity index (χ3v) is 1.74. The third kappa shape index (κ3) is 7.23. The van der Waals surface area contributed by atoms with Crippen molar-refractivity contribution in [2.24, 2.45) is 11.5 Å². The van der Waals surface area contributed by atoms with Crippen LogP contribution in [-0.4, -0.2) is 30.7 Å². The van der Waals surface area contributed by atoms with Crippen molar-refractivity contribution in [2.45, 2.75) is 12.5 Å². The van der Waals surface area contributed by atoms with Gasteiger partial charge in [0.05, 0.1) is 5.75 Å². The quantitative estimate of drug-likeness (QED) is 0.437. The molecule has 0 aliphatic carbocycles. The molecule has 0 aromatic rings. The molecule has 7 heteroatoms. The van der Waals surface area contributed by atoms with Crippen LogP contribution in [0, 0.1) is 0 Å². The Morgan fingerprint density at radius 2 is 2.00 bits per heavy atom. The standard InChI is InChI=1S/C4H10N2O4S/c5-3(1-4(6)7)2-11(8,9)10/h3H,1-2,5H2,(H2,6,7)(H,8,9,10). The molecule has 5 N–H and O–H groups in total. The van der Waals surface area contributed by atoms with E-state index in [2.05, 4.69) is 0 Å². The number of nitrogens with two attached hydrogens (primary N) is 2. The van der Waals surface area contributed by atoms with Gasteiger partial charge in [0.2, 0.25) is 5.91 Å². The van der Waals surface area contributed by atoms with Crippen LogP contribution in [0.5, 0.6) is 0 Å². The van der Waals surface area contributed by atoms with Crippen LogP contribution in [0.3, 0.4) is 0 Å². The molecular weight excluding hydrogens is 172 g/mol. The van der Waals surface area contributed by atoms with E-state index in [0.29, 0.717) is 0 Å². The van der Waals surface area contributed by atoms with Crippen LogP contribution in [0.1, 0.15) is 6.42 Å². The second-order valence-corrected chi connectivity index (χ2v) is 3.68. The van der Waals surface area contributed by atoms with Crippen molar-refractivity contribution < 1.29 is 17.8 Å². The Morgan fingerprint density at radius 1 is 1.55 bits per heavy atom. The number of carbonyl (C=O) groups is 1. The van der Waals surface area contributed by atoms with Gasteiger partial charge < -0.3 is 11.5 Å². The van der Waals surface area contributed by atoms with Gasteiger partial charge in [0, 0.05) is 12.5 Å². The molecule has 0 aliphatic heterocycles. The van der Waals surface area contributed by atoms with Crippen molar-refractivity contribution in [1.29, 1.82) is 0 Å². The zero-order valence-electron chi connectivity index (χ0n) is 5.73. The van der Waals surface area contributed by atoms with E-state index in [0.717, 1.165) is 0 Å². The lowest BCUT2D eigenvalue weighted by Gasteiger charge is -2.05. The molecule has 0 heterocycles. The first kappa shape index (κ1) is 10.3. The average Bonchev–Trinajstić information content (AvgIpc) is 1.53. The molecule has 11 heavy (non-hydrogen) atoms. The number of carbonyl (C=O) groups excluding carboxylic acids is 1. The van der Waals surface area contributed by atoms with E-state index in [-0.39, 0.29) is 6.42 Å². The fourth-order valence-electron chi connectivity index (χ4n) is 0.588. The summed E-state index contributed by atoms with van der Waals surface area (Å²) in [6.45, 7) is 0. The van der Waals surface area contributed by atoms with Crippen LogP contribution in [0.15, 0.2) is 0 Å². The van der Waals surface area contributed by atoms with Crippen molar-refractivity contribution in [2.75, 3.05) is 5.75 Å². The molecule has 0 rings (SSSR count). The van der Waals surface area contributed by atoms with Crippen LogP contribution in [0.25, 0.3) is 0 Å². The maximum Gasteiger partial charge on any atom is 0.266 e. The Balaban J connectivity index is 3.89. The number of hydrogen-bond donors (Lipinski definition) is 3. The maximum atomic E-state index is 10.2. The normalized spacial score (nSPS) is 14.4. The van der Waals surface area contributed by atoms with Crippen LogP contribution >= 0.6 is 0 Å². The number of rotatable bonds is 4. The monoisotopic (exact) mass is 182 g/mol. The summed E-state index contributed by atoms with van der Waals surface area (Å²) in [5.41, 5.74) is 9.84. The first-order valence-electron chi connectivity index (χ1n) is 2.80. The van der Waals surface area contributed by atoms with Gasteiger partial charge in [-0.15, -0.1) is 0 Å². The van der Waals surface area contributed by atoms with Crippen molar-refractivity contribution in [3.63, 3.8) is 0 Å². The molecular formula is C4H10N2O4S. The fourth-order valence-corrected chi connectivity index (χ4v) is 1.25. The summed E-state index contributed by atoms with van der Waals surface area (Å²) in [6.07, 6.45) is -0.250. The lowest BCUT2D eigenvalue weighted by Crippen LogP contribution is -2.33. The maximum absolute atomic E-state index is 10.2. The Morgan fingerprint density at radius 3 is 2.27 bits per heavy atom. The molecule has 66 valence electrons.